The van der Waals surface area contributed by atoms with Gasteiger partial charge in [0.15, 0.2) is 0 Å². The molecule has 110 valence electrons. The number of anilines is 1. The highest BCUT2D eigenvalue weighted by Crippen LogP contribution is 2.24. The van der Waals surface area contributed by atoms with Crippen molar-refractivity contribution in [2.45, 2.75) is 38.6 Å². The number of aliphatic carboxylic acids is 1. The minimum absolute atomic E-state index is 0.0556. The van der Waals surface area contributed by atoms with Crippen LogP contribution in [0, 0.1) is 12.8 Å². The van der Waals surface area contributed by atoms with Gasteiger partial charge in [-0.2, -0.15) is 0 Å². The van der Waals surface area contributed by atoms with Gasteiger partial charge < -0.3 is 14.8 Å². The van der Waals surface area contributed by atoms with E-state index in [1.165, 1.54) is 0 Å². The number of amides is 1. The molecule has 1 aliphatic carbocycles. The summed E-state index contributed by atoms with van der Waals surface area (Å²) in [5.74, 6) is -0.985. The molecule has 0 aliphatic heterocycles. The molecule has 1 amide bonds. The Balaban J connectivity index is 1.74. The topological polar surface area (TPSA) is 117 Å². The Hall–Kier alpha value is -1.96. The van der Waals surface area contributed by atoms with Gasteiger partial charge in [-0.3, -0.25) is 14.9 Å². The van der Waals surface area contributed by atoms with E-state index in [1.54, 1.807) is 6.92 Å². The van der Waals surface area contributed by atoms with E-state index in [-0.39, 0.29) is 30.4 Å². The Morgan fingerprint density at radius 1 is 1.40 bits per heavy atom. The second-order valence-corrected chi connectivity index (χ2v) is 4.95. The quantitative estimate of drug-likeness (QED) is 0.721. The standard InChI is InChI=1S/C12H18N4O4/c1-7-15-16-12(20-7)14-10(17)6-13-9-4-2-3-8(5-9)11(18)19/h8-9,13H,2-6H2,1H3,(H,18,19)(H,14,16,17). The fourth-order valence-electron chi connectivity index (χ4n) is 2.35. The van der Waals surface area contributed by atoms with E-state index in [0.717, 1.165) is 12.8 Å². The predicted molar refractivity (Wildman–Crippen MR) is 69.0 cm³/mol. The van der Waals surface area contributed by atoms with Gasteiger partial charge in [0.1, 0.15) is 0 Å². The lowest BCUT2D eigenvalue weighted by molar-refractivity contribution is -0.143. The Bertz CT molecular complexity index is 488. The van der Waals surface area contributed by atoms with E-state index < -0.39 is 5.97 Å². The predicted octanol–water partition coefficient (Wildman–Crippen LogP) is 0.550. The van der Waals surface area contributed by atoms with Crippen LogP contribution in [0.5, 0.6) is 0 Å². The molecule has 1 saturated carbocycles. The van der Waals surface area contributed by atoms with Crippen LogP contribution in [-0.2, 0) is 9.59 Å². The fraction of sp³-hybridized carbons (Fsp3) is 0.667. The summed E-state index contributed by atoms with van der Waals surface area (Å²) in [6.45, 7) is 1.73. The summed E-state index contributed by atoms with van der Waals surface area (Å²) in [5.41, 5.74) is 0. The van der Waals surface area contributed by atoms with Gasteiger partial charge in [-0.1, -0.05) is 11.5 Å². The van der Waals surface area contributed by atoms with Crippen molar-refractivity contribution in [3.05, 3.63) is 5.89 Å². The third-order valence-corrected chi connectivity index (χ3v) is 3.35. The zero-order valence-corrected chi connectivity index (χ0v) is 11.3. The molecular formula is C12H18N4O4. The molecule has 3 N–H and O–H groups in total. The zero-order valence-electron chi connectivity index (χ0n) is 11.3. The molecule has 8 nitrogen and oxygen atoms in total. The summed E-state index contributed by atoms with van der Waals surface area (Å²) in [4.78, 5) is 22.6. The van der Waals surface area contributed by atoms with Gasteiger partial charge in [0.25, 0.3) is 0 Å². The molecule has 2 rings (SSSR count). The number of nitrogens with zero attached hydrogens (tertiary/aromatic N) is 2. The molecular weight excluding hydrogens is 264 g/mol. The molecule has 1 aliphatic rings. The Labute approximate surface area is 115 Å². The number of carboxylic acids is 1. The van der Waals surface area contributed by atoms with Gasteiger partial charge in [0.05, 0.1) is 12.5 Å². The third-order valence-electron chi connectivity index (χ3n) is 3.35. The summed E-state index contributed by atoms with van der Waals surface area (Å²) in [5, 5.41) is 21.8. The first kappa shape index (κ1) is 14.4. The van der Waals surface area contributed by atoms with E-state index in [2.05, 4.69) is 20.8 Å². The molecule has 0 bridgehead atoms. The van der Waals surface area contributed by atoms with Crippen LogP contribution < -0.4 is 10.6 Å². The number of aromatic nitrogens is 2. The van der Waals surface area contributed by atoms with Crippen molar-refractivity contribution in [3.63, 3.8) is 0 Å². The molecule has 1 aromatic heterocycles. The lowest BCUT2D eigenvalue weighted by Crippen LogP contribution is -2.40. The highest BCUT2D eigenvalue weighted by atomic mass is 16.4. The van der Waals surface area contributed by atoms with Crippen molar-refractivity contribution in [3.8, 4) is 0 Å². The largest absolute Gasteiger partial charge is 0.481 e. The van der Waals surface area contributed by atoms with Gasteiger partial charge in [0, 0.05) is 13.0 Å². The first-order valence-electron chi connectivity index (χ1n) is 6.60. The Morgan fingerprint density at radius 2 is 2.20 bits per heavy atom. The van der Waals surface area contributed by atoms with E-state index >= 15 is 0 Å². The maximum absolute atomic E-state index is 11.7. The molecule has 20 heavy (non-hydrogen) atoms. The molecule has 1 fully saturated rings. The van der Waals surface area contributed by atoms with Crippen molar-refractivity contribution in [2.75, 3.05) is 11.9 Å². The number of hydrogen-bond acceptors (Lipinski definition) is 6. The van der Waals surface area contributed by atoms with E-state index in [0.29, 0.717) is 18.7 Å². The second kappa shape index (κ2) is 6.47. The van der Waals surface area contributed by atoms with Crippen LogP contribution in [0.3, 0.4) is 0 Å². The second-order valence-electron chi connectivity index (χ2n) is 4.95. The van der Waals surface area contributed by atoms with E-state index in [4.69, 9.17) is 9.52 Å². The summed E-state index contributed by atoms with van der Waals surface area (Å²) in [7, 11) is 0. The Morgan fingerprint density at radius 3 is 2.85 bits per heavy atom. The average molecular weight is 282 g/mol. The minimum atomic E-state index is -0.762. The molecule has 1 aromatic rings. The molecule has 0 spiro atoms. The summed E-state index contributed by atoms with van der Waals surface area (Å²) in [6, 6.07) is 0.126. The van der Waals surface area contributed by atoms with Crippen LogP contribution in [0.2, 0.25) is 0 Å². The molecule has 2 atom stereocenters. The minimum Gasteiger partial charge on any atom is -0.481 e. The van der Waals surface area contributed by atoms with Crippen molar-refractivity contribution in [1.82, 2.24) is 15.5 Å². The van der Waals surface area contributed by atoms with Crippen molar-refractivity contribution in [1.29, 1.82) is 0 Å². The van der Waals surface area contributed by atoms with Crippen molar-refractivity contribution < 1.29 is 19.1 Å². The highest BCUT2D eigenvalue weighted by molar-refractivity contribution is 5.90. The van der Waals surface area contributed by atoms with Crippen LogP contribution in [0.1, 0.15) is 31.6 Å². The van der Waals surface area contributed by atoms with Gasteiger partial charge in [0.2, 0.25) is 11.8 Å². The monoisotopic (exact) mass is 282 g/mol. The van der Waals surface area contributed by atoms with Gasteiger partial charge in [-0.05, 0) is 19.3 Å². The normalized spacial score (nSPS) is 22.4. The van der Waals surface area contributed by atoms with Crippen LogP contribution in [-0.4, -0.2) is 39.8 Å². The summed E-state index contributed by atoms with van der Waals surface area (Å²) in [6.07, 6.45) is 3.01. The van der Waals surface area contributed by atoms with Crippen LogP contribution in [0.25, 0.3) is 0 Å². The smallest absolute Gasteiger partial charge is 0.322 e. The number of aryl methyl sites for hydroxylation is 1. The number of carbonyl (C=O) groups excluding carboxylic acids is 1. The number of rotatable bonds is 5. The molecule has 8 heteroatoms. The summed E-state index contributed by atoms with van der Waals surface area (Å²) < 4.78 is 5.03. The van der Waals surface area contributed by atoms with Crippen molar-refractivity contribution >= 4 is 17.9 Å². The van der Waals surface area contributed by atoms with Crippen LogP contribution in [0.15, 0.2) is 4.42 Å². The van der Waals surface area contributed by atoms with Gasteiger partial charge >= 0.3 is 12.0 Å². The van der Waals surface area contributed by atoms with Gasteiger partial charge in [-0.25, -0.2) is 0 Å². The fourth-order valence-corrected chi connectivity index (χ4v) is 2.35. The third kappa shape index (κ3) is 4.02. The maximum Gasteiger partial charge on any atom is 0.322 e. The first-order valence-corrected chi connectivity index (χ1v) is 6.60. The van der Waals surface area contributed by atoms with E-state index in [9.17, 15) is 9.59 Å². The highest BCUT2D eigenvalue weighted by Gasteiger charge is 2.26. The lowest BCUT2D eigenvalue weighted by atomic mass is 9.86. The number of carbonyl (C=O) groups is 2. The molecule has 0 aromatic carbocycles. The number of nitrogens with one attached hydrogen (secondary N) is 2. The van der Waals surface area contributed by atoms with Crippen LogP contribution >= 0.6 is 0 Å². The Kier molecular flexibility index (Phi) is 4.67. The molecule has 1 heterocycles. The lowest BCUT2D eigenvalue weighted by Gasteiger charge is -2.27. The van der Waals surface area contributed by atoms with Crippen LogP contribution in [0.4, 0.5) is 6.01 Å². The average Bonchev–Trinajstić information content (AvgIpc) is 2.82. The molecule has 0 radical (unpaired) electrons. The summed E-state index contributed by atoms with van der Waals surface area (Å²) >= 11 is 0. The molecule has 2 unspecified atom stereocenters. The maximum atomic E-state index is 11.7. The molecule has 0 saturated heterocycles. The van der Waals surface area contributed by atoms with E-state index in [1.807, 2.05) is 0 Å². The van der Waals surface area contributed by atoms with Crippen molar-refractivity contribution in [2.24, 2.45) is 5.92 Å². The number of carboxylic acid groups (broad SMARTS) is 1. The number of hydrogen-bond donors (Lipinski definition) is 3. The first-order chi connectivity index (χ1) is 9.54. The van der Waals surface area contributed by atoms with Gasteiger partial charge in [-0.15, -0.1) is 5.10 Å². The SMILES string of the molecule is Cc1nnc(NC(=O)CNC2CCCC(C(=O)O)C2)o1. The zero-order chi connectivity index (χ0) is 14.5.